The molecule has 3 nitrogen and oxygen atoms in total. The van der Waals surface area contributed by atoms with Gasteiger partial charge in [-0.25, -0.2) is 0 Å². The third-order valence-electron chi connectivity index (χ3n) is 3.75. The number of aliphatic hydroxyl groups is 1. The van der Waals surface area contributed by atoms with E-state index in [4.69, 9.17) is 0 Å². The first kappa shape index (κ1) is 13.4. The van der Waals surface area contributed by atoms with Crippen molar-refractivity contribution in [3.63, 3.8) is 0 Å². The van der Waals surface area contributed by atoms with Crippen molar-refractivity contribution in [2.45, 2.75) is 57.2 Å². The SMILES string of the molecule is CCC[C@H]1CCC[C@H](C(O)c2cccc(O)c2)N1. The Morgan fingerprint density at radius 3 is 2.94 bits per heavy atom. The number of hydrogen-bond donors (Lipinski definition) is 3. The van der Waals surface area contributed by atoms with Crippen LogP contribution >= 0.6 is 0 Å². The van der Waals surface area contributed by atoms with Gasteiger partial charge in [0.1, 0.15) is 5.75 Å². The predicted octanol–water partition coefficient (Wildman–Crippen LogP) is 2.74. The van der Waals surface area contributed by atoms with E-state index in [0.29, 0.717) is 6.04 Å². The van der Waals surface area contributed by atoms with Crippen molar-refractivity contribution in [2.75, 3.05) is 0 Å². The van der Waals surface area contributed by atoms with Crippen molar-refractivity contribution in [3.8, 4) is 5.75 Å². The van der Waals surface area contributed by atoms with Crippen LogP contribution in [0.25, 0.3) is 0 Å². The van der Waals surface area contributed by atoms with E-state index in [-0.39, 0.29) is 11.8 Å². The fourth-order valence-electron chi connectivity index (χ4n) is 2.82. The molecule has 1 unspecified atom stereocenters. The maximum Gasteiger partial charge on any atom is 0.115 e. The molecule has 1 aliphatic rings. The van der Waals surface area contributed by atoms with Crippen LogP contribution in [0.3, 0.4) is 0 Å². The van der Waals surface area contributed by atoms with Gasteiger partial charge < -0.3 is 15.5 Å². The van der Waals surface area contributed by atoms with Gasteiger partial charge in [-0.05, 0) is 37.0 Å². The summed E-state index contributed by atoms with van der Waals surface area (Å²) >= 11 is 0. The van der Waals surface area contributed by atoms with Gasteiger partial charge in [0, 0.05) is 12.1 Å². The summed E-state index contributed by atoms with van der Waals surface area (Å²) in [6.07, 6.45) is 5.18. The van der Waals surface area contributed by atoms with Gasteiger partial charge in [-0.1, -0.05) is 31.9 Å². The predicted molar refractivity (Wildman–Crippen MR) is 72.5 cm³/mol. The van der Waals surface area contributed by atoms with E-state index in [2.05, 4.69) is 12.2 Å². The lowest BCUT2D eigenvalue weighted by Gasteiger charge is -2.34. The van der Waals surface area contributed by atoms with Crippen molar-refractivity contribution in [3.05, 3.63) is 29.8 Å². The summed E-state index contributed by atoms with van der Waals surface area (Å²) in [7, 11) is 0. The van der Waals surface area contributed by atoms with E-state index in [1.165, 1.54) is 19.3 Å². The Morgan fingerprint density at radius 1 is 1.39 bits per heavy atom. The lowest BCUT2D eigenvalue weighted by Crippen LogP contribution is -2.45. The second-order valence-corrected chi connectivity index (χ2v) is 5.23. The number of piperidine rings is 1. The second kappa shape index (κ2) is 6.21. The number of aliphatic hydroxyl groups excluding tert-OH is 1. The van der Waals surface area contributed by atoms with Gasteiger partial charge >= 0.3 is 0 Å². The molecule has 0 saturated carbocycles. The monoisotopic (exact) mass is 249 g/mol. The van der Waals surface area contributed by atoms with Gasteiger partial charge in [0.25, 0.3) is 0 Å². The van der Waals surface area contributed by atoms with Crippen molar-refractivity contribution in [1.82, 2.24) is 5.32 Å². The fourth-order valence-corrected chi connectivity index (χ4v) is 2.82. The van der Waals surface area contributed by atoms with Gasteiger partial charge in [0.15, 0.2) is 0 Å². The number of rotatable bonds is 4. The Bertz CT molecular complexity index is 379. The molecule has 1 saturated heterocycles. The third-order valence-corrected chi connectivity index (χ3v) is 3.75. The molecule has 0 spiro atoms. The Kier molecular flexibility index (Phi) is 4.61. The van der Waals surface area contributed by atoms with Crippen LogP contribution in [-0.2, 0) is 0 Å². The molecule has 100 valence electrons. The minimum absolute atomic E-state index is 0.108. The first-order valence-electron chi connectivity index (χ1n) is 6.93. The summed E-state index contributed by atoms with van der Waals surface area (Å²) in [5, 5.41) is 23.4. The van der Waals surface area contributed by atoms with Crippen LogP contribution in [0.4, 0.5) is 0 Å². The van der Waals surface area contributed by atoms with Crippen molar-refractivity contribution in [2.24, 2.45) is 0 Å². The Labute approximate surface area is 109 Å². The Balaban J connectivity index is 2.02. The molecule has 0 aliphatic carbocycles. The van der Waals surface area contributed by atoms with E-state index >= 15 is 0 Å². The van der Waals surface area contributed by atoms with E-state index in [9.17, 15) is 10.2 Å². The number of hydrogen-bond acceptors (Lipinski definition) is 3. The highest BCUT2D eigenvalue weighted by Gasteiger charge is 2.27. The smallest absolute Gasteiger partial charge is 0.115 e. The zero-order valence-corrected chi connectivity index (χ0v) is 11.0. The average molecular weight is 249 g/mol. The lowest BCUT2D eigenvalue weighted by atomic mass is 9.90. The molecule has 0 bridgehead atoms. The van der Waals surface area contributed by atoms with Crippen molar-refractivity contribution >= 4 is 0 Å². The van der Waals surface area contributed by atoms with E-state index in [1.54, 1.807) is 18.2 Å². The number of aromatic hydroxyl groups is 1. The highest BCUT2D eigenvalue weighted by molar-refractivity contribution is 5.29. The molecule has 1 fully saturated rings. The standard InChI is InChI=1S/C15H23NO2/c1-2-5-12-7-4-9-14(16-12)15(18)11-6-3-8-13(17)10-11/h3,6,8,10,12,14-18H,2,4-5,7,9H2,1H3/t12-,14+,15?/m0/s1. The Hall–Kier alpha value is -1.06. The summed E-state index contributed by atoms with van der Waals surface area (Å²) in [4.78, 5) is 0. The number of phenols is 1. The van der Waals surface area contributed by atoms with Gasteiger partial charge in [0.2, 0.25) is 0 Å². The quantitative estimate of drug-likeness (QED) is 0.769. The summed E-state index contributed by atoms with van der Waals surface area (Å²) < 4.78 is 0. The largest absolute Gasteiger partial charge is 0.508 e. The van der Waals surface area contributed by atoms with E-state index in [1.807, 2.05) is 6.07 Å². The summed E-state index contributed by atoms with van der Waals surface area (Å²) in [6.45, 7) is 2.19. The normalized spacial score (nSPS) is 25.9. The summed E-state index contributed by atoms with van der Waals surface area (Å²) in [5.41, 5.74) is 0.796. The van der Waals surface area contributed by atoms with Crippen LogP contribution in [0, 0.1) is 0 Å². The molecule has 3 atom stereocenters. The topological polar surface area (TPSA) is 52.5 Å². The highest BCUT2D eigenvalue weighted by Crippen LogP contribution is 2.27. The number of phenolic OH excluding ortho intramolecular Hbond substituents is 1. The molecule has 1 heterocycles. The first-order valence-corrected chi connectivity index (χ1v) is 6.93. The Morgan fingerprint density at radius 2 is 2.22 bits per heavy atom. The summed E-state index contributed by atoms with van der Waals surface area (Å²) in [5.74, 6) is 0.215. The van der Waals surface area contributed by atoms with Crippen LogP contribution in [0.1, 0.15) is 50.7 Å². The molecule has 2 rings (SSSR count). The zero-order valence-electron chi connectivity index (χ0n) is 11.0. The molecule has 1 aliphatic heterocycles. The van der Waals surface area contributed by atoms with Gasteiger partial charge in [-0.2, -0.15) is 0 Å². The van der Waals surface area contributed by atoms with Crippen LogP contribution < -0.4 is 5.32 Å². The molecular weight excluding hydrogens is 226 g/mol. The van der Waals surface area contributed by atoms with Crippen LogP contribution in [-0.4, -0.2) is 22.3 Å². The number of benzene rings is 1. The molecule has 0 radical (unpaired) electrons. The van der Waals surface area contributed by atoms with Gasteiger partial charge in [0.05, 0.1) is 6.10 Å². The molecule has 1 aromatic carbocycles. The van der Waals surface area contributed by atoms with Crippen molar-refractivity contribution < 1.29 is 10.2 Å². The van der Waals surface area contributed by atoms with Crippen LogP contribution in [0.5, 0.6) is 5.75 Å². The van der Waals surface area contributed by atoms with Gasteiger partial charge in [-0.3, -0.25) is 0 Å². The highest BCUT2D eigenvalue weighted by atomic mass is 16.3. The molecule has 3 N–H and O–H groups in total. The lowest BCUT2D eigenvalue weighted by molar-refractivity contribution is 0.0996. The molecule has 18 heavy (non-hydrogen) atoms. The maximum absolute atomic E-state index is 10.4. The minimum atomic E-state index is -0.531. The van der Waals surface area contributed by atoms with Crippen LogP contribution in [0.2, 0.25) is 0 Å². The van der Waals surface area contributed by atoms with Crippen molar-refractivity contribution in [1.29, 1.82) is 0 Å². The van der Waals surface area contributed by atoms with E-state index < -0.39 is 6.10 Å². The van der Waals surface area contributed by atoms with Crippen LogP contribution in [0.15, 0.2) is 24.3 Å². The average Bonchev–Trinajstić information content (AvgIpc) is 2.39. The van der Waals surface area contributed by atoms with Gasteiger partial charge in [-0.15, -0.1) is 0 Å². The first-order chi connectivity index (χ1) is 8.70. The van der Waals surface area contributed by atoms with E-state index in [0.717, 1.165) is 18.4 Å². The minimum Gasteiger partial charge on any atom is -0.508 e. The summed E-state index contributed by atoms with van der Waals surface area (Å²) in [6, 6.07) is 7.56. The fraction of sp³-hybridized carbons (Fsp3) is 0.600. The molecule has 0 aromatic heterocycles. The molecule has 3 heteroatoms. The maximum atomic E-state index is 10.4. The third kappa shape index (κ3) is 3.24. The molecule has 1 aromatic rings. The zero-order chi connectivity index (χ0) is 13.0. The number of nitrogens with one attached hydrogen (secondary N) is 1. The second-order valence-electron chi connectivity index (χ2n) is 5.23. The molecular formula is C15H23NO2. The molecule has 0 amide bonds.